The van der Waals surface area contributed by atoms with Crippen molar-refractivity contribution in [2.75, 3.05) is 5.32 Å². The van der Waals surface area contributed by atoms with Crippen molar-refractivity contribution in [3.8, 4) is 11.6 Å². The number of aromatic nitrogens is 2. The van der Waals surface area contributed by atoms with Crippen LogP contribution in [0.25, 0.3) is 0 Å². The van der Waals surface area contributed by atoms with Crippen molar-refractivity contribution in [1.82, 2.24) is 9.97 Å². The van der Waals surface area contributed by atoms with Gasteiger partial charge in [-0.3, -0.25) is 10.1 Å². The summed E-state index contributed by atoms with van der Waals surface area (Å²) in [7, 11) is 0. The van der Waals surface area contributed by atoms with Crippen LogP contribution in [0.1, 0.15) is 5.56 Å². The Hall–Kier alpha value is -3.19. The van der Waals surface area contributed by atoms with E-state index in [0.717, 1.165) is 5.56 Å². The quantitative estimate of drug-likeness (QED) is 0.517. The van der Waals surface area contributed by atoms with Crippen molar-refractivity contribution < 1.29 is 9.66 Å². The second-order valence-corrected chi connectivity index (χ2v) is 5.56. The summed E-state index contributed by atoms with van der Waals surface area (Å²) < 4.78 is 5.57. The molecule has 0 aliphatic rings. The molecule has 3 aromatic rings. The minimum Gasteiger partial charge on any atom is -0.434 e. The molecule has 0 saturated carbocycles. The summed E-state index contributed by atoms with van der Waals surface area (Å²) in [6.07, 6.45) is 1.19. The van der Waals surface area contributed by atoms with E-state index in [2.05, 4.69) is 15.3 Å². The summed E-state index contributed by atoms with van der Waals surface area (Å²) in [4.78, 5) is 18.8. The lowest BCUT2D eigenvalue weighted by Crippen LogP contribution is -2.03. The molecule has 126 valence electrons. The number of hydrogen-bond donors (Lipinski definition) is 1. The van der Waals surface area contributed by atoms with Crippen LogP contribution in [-0.2, 0) is 0 Å². The van der Waals surface area contributed by atoms with E-state index in [0.29, 0.717) is 16.5 Å². The molecule has 0 aliphatic heterocycles. The molecule has 0 bridgehead atoms. The normalized spacial score (nSPS) is 10.3. The van der Waals surface area contributed by atoms with E-state index in [9.17, 15) is 10.1 Å². The Morgan fingerprint density at radius 2 is 1.84 bits per heavy atom. The molecule has 0 fully saturated rings. The molecule has 0 spiro atoms. The van der Waals surface area contributed by atoms with Gasteiger partial charge in [-0.25, -0.2) is 4.98 Å². The van der Waals surface area contributed by atoms with Crippen molar-refractivity contribution in [2.45, 2.75) is 6.92 Å². The molecule has 1 N–H and O–H groups in total. The Kier molecular flexibility index (Phi) is 4.76. The molecule has 25 heavy (non-hydrogen) atoms. The predicted octanol–water partition coefficient (Wildman–Crippen LogP) is 4.88. The first-order chi connectivity index (χ1) is 12.0. The number of para-hydroxylation sites is 1. The van der Waals surface area contributed by atoms with E-state index in [1.807, 2.05) is 19.1 Å². The summed E-state index contributed by atoms with van der Waals surface area (Å²) >= 11 is 6.08. The topological polar surface area (TPSA) is 90.2 Å². The van der Waals surface area contributed by atoms with Crippen LogP contribution in [0.15, 0.2) is 54.9 Å². The van der Waals surface area contributed by atoms with Crippen LogP contribution in [0.3, 0.4) is 0 Å². The van der Waals surface area contributed by atoms with Crippen LogP contribution in [0, 0.1) is 17.0 Å². The number of rotatable bonds is 5. The average Bonchev–Trinajstić information content (AvgIpc) is 2.59. The van der Waals surface area contributed by atoms with E-state index in [1.165, 1.54) is 6.33 Å². The highest BCUT2D eigenvalue weighted by molar-refractivity contribution is 6.33. The van der Waals surface area contributed by atoms with Crippen molar-refractivity contribution >= 4 is 28.8 Å². The van der Waals surface area contributed by atoms with Crippen LogP contribution < -0.4 is 10.1 Å². The number of nitro groups is 1. The zero-order valence-corrected chi connectivity index (χ0v) is 13.9. The van der Waals surface area contributed by atoms with Gasteiger partial charge in [-0.1, -0.05) is 41.4 Å². The first-order valence-electron chi connectivity index (χ1n) is 7.30. The third-order valence-corrected chi connectivity index (χ3v) is 3.66. The number of hydrogen-bond acceptors (Lipinski definition) is 6. The van der Waals surface area contributed by atoms with Gasteiger partial charge in [-0.05, 0) is 31.2 Å². The highest BCUT2D eigenvalue weighted by Gasteiger charge is 2.25. The van der Waals surface area contributed by atoms with Gasteiger partial charge in [0.15, 0.2) is 0 Å². The van der Waals surface area contributed by atoms with Gasteiger partial charge in [-0.15, -0.1) is 0 Å². The van der Waals surface area contributed by atoms with Crippen LogP contribution in [0.4, 0.5) is 17.2 Å². The molecule has 7 nitrogen and oxygen atoms in total. The first kappa shape index (κ1) is 16.7. The number of nitrogens with one attached hydrogen (secondary N) is 1. The van der Waals surface area contributed by atoms with Gasteiger partial charge in [0, 0.05) is 0 Å². The van der Waals surface area contributed by atoms with Gasteiger partial charge < -0.3 is 10.1 Å². The van der Waals surface area contributed by atoms with E-state index in [4.69, 9.17) is 16.3 Å². The number of ether oxygens (including phenoxy) is 1. The second-order valence-electron chi connectivity index (χ2n) is 5.15. The maximum absolute atomic E-state index is 11.5. The molecular formula is C17H13ClN4O3. The Balaban J connectivity index is 1.98. The molecular weight excluding hydrogens is 344 g/mol. The van der Waals surface area contributed by atoms with E-state index in [1.54, 1.807) is 36.4 Å². The standard InChI is InChI=1S/C17H13ClN4O3/c1-11-6-8-12(9-7-11)25-17-15(22(23)24)16(19-10-20-17)21-14-5-3-2-4-13(14)18/h2-10H,1H3,(H,19,20,21). The number of benzene rings is 2. The van der Waals surface area contributed by atoms with Crippen LogP contribution in [0.5, 0.6) is 11.6 Å². The number of halogens is 1. The lowest BCUT2D eigenvalue weighted by atomic mass is 10.2. The van der Waals surface area contributed by atoms with E-state index < -0.39 is 4.92 Å². The molecule has 1 heterocycles. The minimum absolute atomic E-state index is 0.00443. The molecule has 0 unspecified atom stereocenters. The fraction of sp³-hybridized carbons (Fsp3) is 0.0588. The van der Waals surface area contributed by atoms with Gasteiger partial charge in [0.25, 0.3) is 0 Å². The molecule has 0 radical (unpaired) electrons. The largest absolute Gasteiger partial charge is 0.434 e. The van der Waals surface area contributed by atoms with Crippen LogP contribution in [0.2, 0.25) is 5.02 Å². The number of nitrogens with zero attached hydrogens (tertiary/aromatic N) is 3. The summed E-state index contributed by atoms with van der Waals surface area (Å²) in [5.74, 6) is 0.282. The second kappa shape index (κ2) is 7.14. The van der Waals surface area contributed by atoms with Crippen molar-refractivity contribution in [2.24, 2.45) is 0 Å². The summed E-state index contributed by atoms with van der Waals surface area (Å²) in [6, 6.07) is 14.0. The molecule has 2 aromatic carbocycles. The Morgan fingerprint density at radius 1 is 1.12 bits per heavy atom. The van der Waals surface area contributed by atoms with Gasteiger partial charge in [0.05, 0.1) is 15.6 Å². The number of aryl methyl sites for hydroxylation is 1. The van der Waals surface area contributed by atoms with E-state index in [-0.39, 0.29) is 17.4 Å². The van der Waals surface area contributed by atoms with Crippen molar-refractivity contribution in [1.29, 1.82) is 0 Å². The maximum atomic E-state index is 11.5. The highest BCUT2D eigenvalue weighted by Crippen LogP contribution is 2.36. The summed E-state index contributed by atoms with van der Waals surface area (Å²) in [5, 5.41) is 14.8. The third kappa shape index (κ3) is 3.84. The summed E-state index contributed by atoms with van der Waals surface area (Å²) in [6.45, 7) is 1.93. The Morgan fingerprint density at radius 3 is 2.52 bits per heavy atom. The smallest absolute Gasteiger partial charge is 0.373 e. The molecule has 0 atom stereocenters. The van der Waals surface area contributed by atoms with Gasteiger partial charge >= 0.3 is 11.6 Å². The van der Waals surface area contributed by atoms with Crippen molar-refractivity contribution in [3.63, 3.8) is 0 Å². The minimum atomic E-state index is -0.595. The molecule has 0 aliphatic carbocycles. The third-order valence-electron chi connectivity index (χ3n) is 3.33. The average molecular weight is 357 g/mol. The Labute approximate surface area is 148 Å². The zero-order valence-electron chi connectivity index (χ0n) is 13.1. The predicted molar refractivity (Wildman–Crippen MR) is 94.7 cm³/mol. The molecule has 3 rings (SSSR count). The lowest BCUT2D eigenvalue weighted by Gasteiger charge is -2.10. The summed E-state index contributed by atoms with van der Waals surface area (Å²) in [5.41, 5.74) is 1.17. The van der Waals surface area contributed by atoms with Crippen LogP contribution in [-0.4, -0.2) is 14.9 Å². The monoisotopic (exact) mass is 356 g/mol. The lowest BCUT2D eigenvalue weighted by molar-refractivity contribution is -0.385. The first-order valence-corrected chi connectivity index (χ1v) is 7.68. The number of anilines is 2. The van der Waals surface area contributed by atoms with Crippen molar-refractivity contribution in [3.05, 3.63) is 75.6 Å². The zero-order chi connectivity index (χ0) is 17.8. The molecule has 0 amide bonds. The van der Waals surface area contributed by atoms with Gasteiger partial charge in [0.2, 0.25) is 5.82 Å². The Bertz CT molecular complexity index is 916. The van der Waals surface area contributed by atoms with Gasteiger partial charge in [0.1, 0.15) is 12.1 Å². The maximum Gasteiger partial charge on any atom is 0.373 e. The van der Waals surface area contributed by atoms with E-state index >= 15 is 0 Å². The van der Waals surface area contributed by atoms with Crippen LogP contribution >= 0.6 is 11.6 Å². The highest BCUT2D eigenvalue weighted by atomic mass is 35.5. The molecule has 0 saturated heterocycles. The molecule has 8 heteroatoms. The fourth-order valence-electron chi connectivity index (χ4n) is 2.10. The van der Waals surface area contributed by atoms with Gasteiger partial charge in [-0.2, -0.15) is 4.98 Å². The fourth-order valence-corrected chi connectivity index (χ4v) is 2.28. The SMILES string of the molecule is Cc1ccc(Oc2ncnc(Nc3ccccc3Cl)c2[N+](=O)[O-])cc1. The molecule has 1 aromatic heterocycles.